The van der Waals surface area contributed by atoms with Gasteiger partial charge in [0, 0.05) is 6.54 Å². The quantitative estimate of drug-likeness (QED) is 0.0770. The van der Waals surface area contributed by atoms with E-state index in [0.29, 0.717) is 11.3 Å². The minimum absolute atomic E-state index is 0.447. The molecule has 4 aromatic rings. The van der Waals surface area contributed by atoms with Crippen LogP contribution < -0.4 is 15.2 Å². The van der Waals surface area contributed by atoms with Gasteiger partial charge in [0.15, 0.2) is 11.5 Å². The van der Waals surface area contributed by atoms with Gasteiger partial charge in [0.25, 0.3) is 0 Å². The lowest BCUT2D eigenvalue weighted by Crippen LogP contribution is -1.99. The third-order valence-electron chi connectivity index (χ3n) is 7.46. The third-order valence-corrected chi connectivity index (χ3v) is 7.46. The molecule has 2 N–H and O–H groups in total. The minimum atomic E-state index is 0.447. The summed E-state index contributed by atoms with van der Waals surface area (Å²) in [6.45, 7) is 4.62. The maximum absolute atomic E-state index is 5.92. The van der Waals surface area contributed by atoms with Crippen LogP contribution in [0.3, 0.4) is 0 Å². The Morgan fingerprint density at radius 3 is 1.70 bits per heavy atom. The second-order valence-electron chi connectivity index (χ2n) is 11.0. The van der Waals surface area contributed by atoms with Gasteiger partial charge in [-0.1, -0.05) is 71.1 Å². The normalized spacial score (nSPS) is 11.5. The van der Waals surface area contributed by atoms with Crippen molar-refractivity contribution in [2.45, 2.75) is 96.9 Å². The summed E-state index contributed by atoms with van der Waals surface area (Å²) in [7, 11) is 0. The molecule has 0 bridgehead atoms. The molecule has 9 heteroatoms. The van der Waals surface area contributed by atoms with E-state index in [1.54, 1.807) is 0 Å². The molecule has 0 aliphatic heterocycles. The maximum Gasteiger partial charge on any atom is 0.165 e. The van der Waals surface area contributed by atoms with Gasteiger partial charge in [0.05, 0.1) is 30.9 Å². The number of hydrogen-bond acceptors (Lipinski definition) is 8. The van der Waals surface area contributed by atoms with Gasteiger partial charge in [-0.15, -0.1) is 0 Å². The van der Waals surface area contributed by atoms with Gasteiger partial charge >= 0.3 is 0 Å². The van der Waals surface area contributed by atoms with Crippen molar-refractivity contribution in [2.24, 2.45) is 10.2 Å². The maximum atomic E-state index is 5.92. The van der Waals surface area contributed by atoms with Gasteiger partial charge in [0.2, 0.25) is 0 Å². The van der Waals surface area contributed by atoms with Crippen LogP contribution in [0.5, 0.6) is 11.5 Å². The van der Waals surface area contributed by atoms with Crippen LogP contribution in [0.4, 0.5) is 17.2 Å². The number of aromatic nitrogens is 4. The minimum Gasteiger partial charge on any atom is -0.494 e. The molecule has 2 aromatic heterocycles. The molecule has 9 nitrogen and oxygen atoms in total. The molecule has 0 aliphatic carbocycles. The zero-order valence-electron chi connectivity index (χ0n) is 25.7. The molecule has 2 aromatic carbocycles. The Labute approximate surface area is 256 Å². The second-order valence-corrected chi connectivity index (χ2v) is 11.0. The molecule has 0 aliphatic rings. The van der Waals surface area contributed by atoms with Crippen molar-refractivity contribution in [3.05, 3.63) is 61.2 Å². The number of rotatable bonds is 21. The summed E-state index contributed by atoms with van der Waals surface area (Å²) in [6.07, 6.45) is 19.2. The van der Waals surface area contributed by atoms with Crippen LogP contribution in [0, 0.1) is 0 Å². The van der Waals surface area contributed by atoms with E-state index in [1.165, 1.54) is 70.5 Å². The number of nitrogen functional groups attached to an aromatic ring is 1. The molecule has 0 unspecified atom stereocenters. The first-order chi connectivity index (χ1) is 21.2. The van der Waals surface area contributed by atoms with Crippen LogP contribution >= 0.6 is 0 Å². The summed E-state index contributed by atoms with van der Waals surface area (Å²) in [5.74, 6) is 2.20. The van der Waals surface area contributed by atoms with Crippen molar-refractivity contribution in [3.63, 3.8) is 0 Å². The van der Waals surface area contributed by atoms with Gasteiger partial charge in [-0.05, 0) is 67.8 Å². The number of benzene rings is 2. The number of ether oxygens (including phenoxy) is 2. The number of nitrogens with zero attached hydrogens (tertiary/aromatic N) is 6. The Morgan fingerprint density at radius 2 is 1.14 bits per heavy atom. The predicted octanol–water partition coefficient (Wildman–Crippen LogP) is 9.37. The SMILES string of the molecule is CCCCCOc1ccc(N=Nc2ccc(OCCCCCCCCCCCCn3cnc4c(N)ncnc43)cc2)cc1. The number of fused-ring (bicyclic) bond motifs is 1. The van der Waals surface area contributed by atoms with E-state index in [1.807, 2.05) is 54.9 Å². The van der Waals surface area contributed by atoms with Crippen molar-refractivity contribution in [1.29, 1.82) is 0 Å². The lowest BCUT2D eigenvalue weighted by molar-refractivity contribution is 0.304. The van der Waals surface area contributed by atoms with Crippen molar-refractivity contribution in [1.82, 2.24) is 19.5 Å². The number of azo groups is 1. The first-order valence-corrected chi connectivity index (χ1v) is 16.0. The number of unbranched alkanes of at least 4 members (excludes halogenated alkanes) is 11. The molecule has 0 saturated heterocycles. The number of hydrogen-bond donors (Lipinski definition) is 1. The monoisotopic (exact) mass is 585 g/mol. The lowest BCUT2D eigenvalue weighted by atomic mass is 10.1. The van der Waals surface area contributed by atoms with E-state index in [0.717, 1.165) is 67.5 Å². The van der Waals surface area contributed by atoms with E-state index < -0.39 is 0 Å². The highest BCUT2D eigenvalue weighted by molar-refractivity contribution is 5.81. The fourth-order valence-corrected chi connectivity index (χ4v) is 4.93. The van der Waals surface area contributed by atoms with Crippen molar-refractivity contribution in [2.75, 3.05) is 18.9 Å². The second kappa shape index (κ2) is 18.5. The smallest absolute Gasteiger partial charge is 0.165 e. The van der Waals surface area contributed by atoms with Gasteiger partial charge in [-0.25, -0.2) is 15.0 Å². The number of imidazole rings is 1. The van der Waals surface area contributed by atoms with Crippen molar-refractivity contribution in [3.8, 4) is 11.5 Å². The van der Waals surface area contributed by atoms with E-state index in [4.69, 9.17) is 15.2 Å². The molecule has 0 saturated carbocycles. The highest BCUT2D eigenvalue weighted by atomic mass is 16.5. The lowest BCUT2D eigenvalue weighted by Gasteiger charge is -2.07. The van der Waals surface area contributed by atoms with E-state index in [-0.39, 0.29) is 0 Å². The molecule has 4 rings (SSSR count). The highest BCUT2D eigenvalue weighted by Crippen LogP contribution is 2.23. The van der Waals surface area contributed by atoms with Crippen molar-refractivity contribution < 1.29 is 9.47 Å². The zero-order valence-corrected chi connectivity index (χ0v) is 25.7. The highest BCUT2D eigenvalue weighted by Gasteiger charge is 2.07. The summed E-state index contributed by atoms with van der Waals surface area (Å²) < 4.78 is 13.7. The average molecular weight is 586 g/mol. The average Bonchev–Trinajstić information content (AvgIpc) is 3.46. The molecular formula is C34H47N7O2. The van der Waals surface area contributed by atoms with Gasteiger partial charge in [0.1, 0.15) is 23.3 Å². The first-order valence-electron chi connectivity index (χ1n) is 16.0. The summed E-state index contributed by atoms with van der Waals surface area (Å²) in [5.41, 5.74) is 9.00. The molecule has 0 amide bonds. The topological polar surface area (TPSA) is 113 Å². The van der Waals surface area contributed by atoms with Crippen LogP contribution in [0.25, 0.3) is 11.2 Å². The summed E-state index contributed by atoms with van der Waals surface area (Å²) >= 11 is 0. The van der Waals surface area contributed by atoms with Gasteiger partial charge in [-0.3, -0.25) is 0 Å². The summed E-state index contributed by atoms with van der Waals surface area (Å²) in [4.78, 5) is 12.6. The number of aryl methyl sites for hydroxylation is 1. The van der Waals surface area contributed by atoms with E-state index in [9.17, 15) is 0 Å². The fraction of sp³-hybridized carbons (Fsp3) is 0.500. The van der Waals surface area contributed by atoms with E-state index >= 15 is 0 Å². The third kappa shape index (κ3) is 11.3. The van der Waals surface area contributed by atoms with Crippen LogP contribution in [-0.4, -0.2) is 32.7 Å². The Balaban J connectivity index is 0.973. The molecule has 0 spiro atoms. The summed E-state index contributed by atoms with van der Waals surface area (Å²) in [5, 5.41) is 8.67. The Hall–Kier alpha value is -4.01. The first kappa shape index (κ1) is 31.9. The summed E-state index contributed by atoms with van der Waals surface area (Å²) in [6, 6.07) is 15.5. The van der Waals surface area contributed by atoms with E-state index in [2.05, 4.69) is 36.7 Å². The molecule has 0 radical (unpaired) electrons. The van der Waals surface area contributed by atoms with Crippen LogP contribution in [-0.2, 0) is 6.54 Å². The standard InChI is InChI=1S/C34H47N7O2/c1-2-3-13-24-42-30-19-15-28(16-20-30)39-40-29-17-21-31(22-18-29)43-25-14-11-9-7-5-4-6-8-10-12-23-41-27-38-32-33(35)36-26-37-34(32)41/h15-22,26-27H,2-14,23-25H2,1H3,(H2,35,36,37). The molecule has 2 heterocycles. The molecule has 230 valence electrons. The largest absolute Gasteiger partial charge is 0.494 e. The fourth-order valence-electron chi connectivity index (χ4n) is 4.93. The van der Waals surface area contributed by atoms with Crippen LogP contribution in [0.2, 0.25) is 0 Å². The number of anilines is 1. The van der Waals surface area contributed by atoms with Crippen LogP contribution in [0.15, 0.2) is 71.4 Å². The van der Waals surface area contributed by atoms with Crippen LogP contribution in [0.1, 0.15) is 90.4 Å². The Kier molecular flexibility index (Phi) is 13.7. The molecule has 43 heavy (non-hydrogen) atoms. The molecular weight excluding hydrogens is 538 g/mol. The molecule has 0 atom stereocenters. The number of nitrogens with two attached hydrogens (primary N) is 1. The van der Waals surface area contributed by atoms with Gasteiger partial charge < -0.3 is 19.8 Å². The Morgan fingerprint density at radius 1 is 0.628 bits per heavy atom. The van der Waals surface area contributed by atoms with Gasteiger partial charge in [-0.2, -0.15) is 10.2 Å². The predicted molar refractivity (Wildman–Crippen MR) is 173 cm³/mol. The van der Waals surface area contributed by atoms with Crippen molar-refractivity contribution >= 4 is 28.4 Å². The zero-order chi connectivity index (χ0) is 30.0. The molecule has 0 fully saturated rings. The Bertz CT molecular complexity index is 1350.